The third kappa shape index (κ3) is 3.78. The first-order valence-corrected chi connectivity index (χ1v) is 8.50. The van der Waals surface area contributed by atoms with Crippen molar-refractivity contribution in [1.82, 2.24) is 0 Å². The Balaban J connectivity index is 2.26. The van der Waals surface area contributed by atoms with Gasteiger partial charge in [-0.25, -0.2) is 0 Å². The number of hydrogen-bond acceptors (Lipinski definition) is 4. The fraction of sp³-hybridized carbons (Fsp3) is 0.381. The van der Waals surface area contributed by atoms with Gasteiger partial charge >= 0.3 is 5.97 Å². The Bertz CT molecular complexity index is 779. The number of hydrogen-bond donors (Lipinski definition) is 0. The third-order valence-electron chi connectivity index (χ3n) is 4.80. The first-order chi connectivity index (χ1) is 11.8. The van der Waals surface area contributed by atoms with Crippen molar-refractivity contribution in [3.63, 3.8) is 0 Å². The highest BCUT2D eigenvalue weighted by molar-refractivity contribution is 6.25. The molecule has 0 fully saturated rings. The molecule has 1 aromatic carbocycles. The summed E-state index contributed by atoms with van der Waals surface area (Å²) in [4.78, 5) is 36.6. The zero-order chi connectivity index (χ0) is 18.7. The summed E-state index contributed by atoms with van der Waals surface area (Å²) in [5, 5.41) is 0. The lowest BCUT2D eigenvalue weighted by Crippen LogP contribution is -2.23. The molecule has 0 spiro atoms. The fourth-order valence-electron chi connectivity index (χ4n) is 3.11. The Labute approximate surface area is 148 Å². The number of allylic oxidation sites excluding steroid dienone is 4. The second-order valence-corrected chi connectivity index (χ2v) is 6.39. The molecule has 4 nitrogen and oxygen atoms in total. The van der Waals surface area contributed by atoms with Crippen LogP contribution >= 0.6 is 0 Å². The lowest BCUT2D eigenvalue weighted by molar-refractivity contribution is -0.142. The molecular formula is C21H24O4. The second-order valence-electron chi connectivity index (χ2n) is 6.39. The molecule has 0 aliphatic heterocycles. The smallest absolute Gasteiger partial charge is 0.310 e. The van der Waals surface area contributed by atoms with E-state index in [1.807, 2.05) is 31.2 Å². The molecule has 0 aromatic heterocycles. The Morgan fingerprint density at radius 2 is 1.52 bits per heavy atom. The van der Waals surface area contributed by atoms with E-state index >= 15 is 0 Å². The molecule has 0 saturated carbocycles. The molecule has 0 heterocycles. The number of Topliss-reactive ketones (excluding diaryl/α,β-unsaturated/α-hetero) is 2. The fourth-order valence-corrected chi connectivity index (χ4v) is 3.11. The van der Waals surface area contributed by atoms with Crippen molar-refractivity contribution in [2.75, 3.05) is 6.61 Å². The minimum Gasteiger partial charge on any atom is -0.466 e. The van der Waals surface area contributed by atoms with Crippen LogP contribution in [0.15, 0.2) is 46.6 Å². The molecule has 0 radical (unpaired) electrons. The van der Waals surface area contributed by atoms with E-state index in [1.54, 1.807) is 27.7 Å². The number of ketones is 2. The van der Waals surface area contributed by atoms with Crippen LogP contribution in [0.5, 0.6) is 0 Å². The van der Waals surface area contributed by atoms with E-state index in [1.165, 1.54) is 0 Å². The van der Waals surface area contributed by atoms with E-state index in [0.29, 0.717) is 28.9 Å². The molecule has 1 aromatic rings. The molecule has 1 unspecified atom stereocenters. The van der Waals surface area contributed by atoms with Gasteiger partial charge < -0.3 is 4.74 Å². The van der Waals surface area contributed by atoms with Crippen molar-refractivity contribution in [1.29, 1.82) is 0 Å². The number of rotatable bonds is 5. The van der Waals surface area contributed by atoms with Crippen molar-refractivity contribution >= 4 is 17.5 Å². The summed E-state index contributed by atoms with van der Waals surface area (Å²) < 4.78 is 4.95. The van der Waals surface area contributed by atoms with Gasteiger partial charge in [-0.15, -0.1) is 0 Å². The molecule has 0 bridgehead atoms. The number of esters is 1. The highest BCUT2D eigenvalue weighted by Crippen LogP contribution is 2.34. The van der Waals surface area contributed by atoms with Gasteiger partial charge in [0.2, 0.25) is 0 Å². The van der Waals surface area contributed by atoms with Crippen molar-refractivity contribution in [2.24, 2.45) is 0 Å². The van der Waals surface area contributed by atoms with Gasteiger partial charge in [-0.2, -0.15) is 0 Å². The molecular weight excluding hydrogens is 316 g/mol. The molecule has 1 aliphatic carbocycles. The monoisotopic (exact) mass is 340 g/mol. The Morgan fingerprint density at radius 3 is 2.08 bits per heavy atom. The Morgan fingerprint density at radius 1 is 0.960 bits per heavy atom. The van der Waals surface area contributed by atoms with E-state index in [-0.39, 0.29) is 29.9 Å². The lowest BCUT2D eigenvalue weighted by atomic mass is 9.78. The Hall–Kier alpha value is -2.49. The first kappa shape index (κ1) is 18.8. The largest absolute Gasteiger partial charge is 0.466 e. The van der Waals surface area contributed by atoms with Crippen LogP contribution in [0, 0.1) is 0 Å². The predicted molar refractivity (Wildman–Crippen MR) is 96.3 cm³/mol. The van der Waals surface area contributed by atoms with Crippen LogP contribution in [0.3, 0.4) is 0 Å². The van der Waals surface area contributed by atoms with E-state index in [2.05, 4.69) is 0 Å². The van der Waals surface area contributed by atoms with Gasteiger partial charge in [-0.1, -0.05) is 31.2 Å². The van der Waals surface area contributed by atoms with Crippen LogP contribution in [0.1, 0.15) is 51.7 Å². The van der Waals surface area contributed by atoms with E-state index in [9.17, 15) is 14.4 Å². The average molecular weight is 340 g/mol. The van der Waals surface area contributed by atoms with Crippen LogP contribution < -0.4 is 0 Å². The maximum atomic E-state index is 12.7. The second kappa shape index (κ2) is 7.60. The van der Waals surface area contributed by atoms with Crippen molar-refractivity contribution in [3.05, 3.63) is 57.7 Å². The zero-order valence-electron chi connectivity index (χ0n) is 15.4. The van der Waals surface area contributed by atoms with Crippen LogP contribution in [0.4, 0.5) is 0 Å². The SMILES string of the molecule is CCOC(=O)Cc1ccc(C(C)C2=C(C)C(=O)C(C)=C(C)C2=O)cc1. The number of carbonyl (C=O) groups excluding carboxylic acids is 3. The van der Waals surface area contributed by atoms with Crippen LogP contribution in [-0.2, 0) is 25.5 Å². The van der Waals surface area contributed by atoms with Crippen molar-refractivity contribution in [3.8, 4) is 0 Å². The van der Waals surface area contributed by atoms with E-state index in [0.717, 1.165) is 11.1 Å². The molecule has 1 aliphatic rings. The van der Waals surface area contributed by atoms with Gasteiger partial charge in [0, 0.05) is 28.2 Å². The topological polar surface area (TPSA) is 60.4 Å². The van der Waals surface area contributed by atoms with Crippen LogP contribution in [0.25, 0.3) is 0 Å². The highest BCUT2D eigenvalue weighted by atomic mass is 16.5. The maximum Gasteiger partial charge on any atom is 0.310 e. The number of ether oxygens (including phenoxy) is 1. The highest BCUT2D eigenvalue weighted by Gasteiger charge is 2.31. The van der Waals surface area contributed by atoms with Gasteiger partial charge in [0.25, 0.3) is 0 Å². The van der Waals surface area contributed by atoms with Crippen molar-refractivity contribution in [2.45, 2.75) is 47.0 Å². The van der Waals surface area contributed by atoms with Crippen molar-refractivity contribution < 1.29 is 19.1 Å². The summed E-state index contributed by atoms with van der Waals surface area (Å²) in [7, 11) is 0. The molecule has 25 heavy (non-hydrogen) atoms. The first-order valence-electron chi connectivity index (χ1n) is 8.50. The molecule has 1 atom stereocenters. The van der Waals surface area contributed by atoms with Crippen LogP contribution in [-0.4, -0.2) is 24.1 Å². The summed E-state index contributed by atoms with van der Waals surface area (Å²) in [6.45, 7) is 9.19. The Kier molecular flexibility index (Phi) is 5.73. The third-order valence-corrected chi connectivity index (χ3v) is 4.80. The summed E-state index contributed by atoms with van der Waals surface area (Å²) in [5.41, 5.74) is 3.94. The molecule has 2 rings (SSSR count). The predicted octanol–water partition coefficient (Wildman–Crippen LogP) is 3.70. The molecule has 132 valence electrons. The van der Waals surface area contributed by atoms with E-state index in [4.69, 9.17) is 4.74 Å². The van der Waals surface area contributed by atoms with Gasteiger partial charge in [-0.3, -0.25) is 14.4 Å². The minimum absolute atomic E-state index is 0.0575. The number of carbonyl (C=O) groups is 3. The summed E-state index contributed by atoms with van der Waals surface area (Å²) in [6.07, 6.45) is 0.225. The van der Waals surface area contributed by atoms with Crippen LogP contribution in [0.2, 0.25) is 0 Å². The average Bonchev–Trinajstić information content (AvgIpc) is 2.59. The summed E-state index contributed by atoms with van der Waals surface area (Å²) in [5.74, 6) is -0.558. The molecule has 0 amide bonds. The minimum atomic E-state index is -0.258. The molecule has 4 heteroatoms. The van der Waals surface area contributed by atoms with Gasteiger partial charge in [0.15, 0.2) is 11.6 Å². The van der Waals surface area contributed by atoms with Gasteiger partial charge in [0.05, 0.1) is 13.0 Å². The van der Waals surface area contributed by atoms with Gasteiger partial charge in [-0.05, 0) is 38.8 Å². The quantitative estimate of drug-likeness (QED) is 0.606. The zero-order valence-corrected chi connectivity index (χ0v) is 15.4. The normalized spacial score (nSPS) is 16.4. The standard InChI is InChI=1S/C21H24O4/c1-6-25-18(22)11-16-7-9-17(10-8-16)14(4)19-15(5)20(23)12(2)13(3)21(19)24/h7-10,14H,6,11H2,1-5H3. The molecule has 0 saturated heterocycles. The van der Waals surface area contributed by atoms with Gasteiger partial charge in [0.1, 0.15) is 0 Å². The summed E-state index contributed by atoms with van der Waals surface area (Å²) in [6, 6.07) is 7.53. The van der Waals surface area contributed by atoms with E-state index < -0.39 is 0 Å². The number of benzene rings is 1. The summed E-state index contributed by atoms with van der Waals surface area (Å²) >= 11 is 0. The maximum absolute atomic E-state index is 12.7. The lowest BCUT2D eigenvalue weighted by Gasteiger charge is -2.23. The molecule has 0 N–H and O–H groups in total.